The van der Waals surface area contributed by atoms with Crippen molar-refractivity contribution >= 4 is 5.69 Å². The monoisotopic (exact) mass is 311 g/mol. The molecule has 2 aromatic carbocycles. The second-order valence-corrected chi connectivity index (χ2v) is 5.19. The zero-order valence-electron chi connectivity index (χ0n) is 12.9. The first kappa shape index (κ1) is 14.8. The molecule has 118 valence electrons. The number of aryl methyl sites for hydroxylation is 1. The molecular formula is C16H17N5O2. The summed E-state index contributed by atoms with van der Waals surface area (Å²) in [6.07, 6.45) is 0. The van der Waals surface area contributed by atoms with Crippen LogP contribution in [0.3, 0.4) is 0 Å². The van der Waals surface area contributed by atoms with Crippen molar-refractivity contribution in [3.05, 3.63) is 64.1 Å². The van der Waals surface area contributed by atoms with Gasteiger partial charge < -0.3 is 10.5 Å². The topological polar surface area (TPSA) is 88.0 Å². The van der Waals surface area contributed by atoms with Gasteiger partial charge in [0, 0.05) is 5.69 Å². The lowest BCUT2D eigenvalue weighted by molar-refractivity contribution is 0.411. The number of anilines is 1. The number of methoxy groups -OCH3 is 1. The first-order valence-corrected chi connectivity index (χ1v) is 7.11. The number of nitrogens with zero attached hydrogens (tertiary/aromatic N) is 4. The van der Waals surface area contributed by atoms with Crippen LogP contribution in [0, 0.1) is 6.92 Å². The number of hydrogen-bond donors (Lipinski definition) is 1. The van der Waals surface area contributed by atoms with E-state index in [2.05, 4.69) is 10.4 Å². The third-order valence-electron chi connectivity index (χ3n) is 3.62. The second-order valence-electron chi connectivity index (χ2n) is 5.19. The Morgan fingerprint density at radius 2 is 1.96 bits per heavy atom. The Kier molecular flexibility index (Phi) is 3.84. The molecule has 0 spiro atoms. The molecule has 1 aromatic heterocycles. The number of aromatic nitrogens is 4. The number of hydrogen-bond acceptors (Lipinski definition) is 5. The summed E-state index contributed by atoms with van der Waals surface area (Å²) in [6.45, 7) is 2.25. The minimum absolute atomic E-state index is 0.328. The molecule has 0 bridgehead atoms. The highest BCUT2D eigenvalue weighted by Gasteiger charge is 2.13. The Bertz CT molecular complexity index is 897. The van der Waals surface area contributed by atoms with Gasteiger partial charge in [0.25, 0.3) is 0 Å². The number of para-hydroxylation sites is 2. The van der Waals surface area contributed by atoms with Gasteiger partial charge >= 0.3 is 5.69 Å². The second kappa shape index (κ2) is 5.96. The standard InChI is InChI=1S/C16H17N5O2/c1-11-9-12(7-8-13(11)17)10-20-16(22)21(19-18-20)14-5-3-4-6-15(14)23-2/h3-9H,10,17H2,1-2H3. The van der Waals surface area contributed by atoms with E-state index in [0.717, 1.165) is 16.8 Å². The fourth-order valence-corrected chi connectivity index (χ4v) is 2.34. The molecule has 7 nitrogen and oxygen atoms in total. The largest absolute Gasteiger partial charge is 0.494 e. The maximum Gasteiger partial charge on any atom is 0.368 e. The molecule has 2 N–H and O–H groups in total. The van der Waals surface area contributed by atoms with Gasteiger partial charge in [0.05, 0.1) is 13.7 Å². The molecule has 0 aliphatic rings. The third-order valence-corrected chi connectivity index (χ3v) is 3.62. The van der Waals surface area contributed by atoms with Gasteiger partial charge in [0.1, 0.15) is 11.4 Å². The van der Waals surface area contributed by atoms with E-state index in [1.54, 1.807) is 19.2 Å². The van der Waals surface area contributed by atoms with Crippen molar-refractivity contribution in [2.45, 2.75) is 13.5 Å². The number of tetrazole rings is 1. The first-order chi connectivity index (χ1) is 11.1. The van der Waals surface area contributed by atoms with Crippen LogP contribution in [0.4, 0.5) is 5.69 Å². The minimum atomic E-state index is -0.330. The summed E-state index contributed by atoms with van der Waals surface area (Å²) < 4.78 is 7.79. The molecule has 0 radical (unpaired) electrons. The van der Waals surface area contributed by atoms with Crippen LogP contribution in [-0.2, 0) is 6.54 Å². The molecule has 0 saturated carbocycles. The molecular weight excluding hydrogens is 294 g/mol. The zero-order chi connectivity index (χ0) is 16.4. The fraction of sp³-hybridized carbons (Fsp3) is 0.188. The maximum absolute atomic E-state index is 12.5. The molecule has 0 amide bonds. The molecule has 0 unspecified atom stereocenters. The van der Waals surface area contributed by atoms with Gasteiger partial charge in [0.2, 0.25) is 0 Å². The normalized spacial score (nSPS) is 10.7. The summed E-state index contributed by atoms with van der Waals surface area (Å²) in [5, 5.41) is 7.89. The van der Waals surface area contributed by atoms with E-state index in [1.165, 1.54) is 9.36 Å². The van der Waals surface area contributed by atoms with E-state index in [0.29, 0.717) is 18.0 Å². The van der Waals surface area contributed by atoms with E-state index in [9.17, 15) is 4.79 Å². The SMILES string of the molecule is COc1ccccc1-n1nnn(Cc2ccc(N)c(C)c2)c1=O. The smallest absolute Gasteiger partial charge is 0.368 e. The van der Waals surface area contributed by atoms with Crippen molar-refractivity contribution in [1.29, 1.82) is 0 Å². The summed E-state index contributed by atoms with van der Waals surface area (Å²) in [6, 6.07) is 12.8. The number of benzene rings is 2. The molecule has 0 aliphatic carbocycles. The van der Waals surface area contributed by atoms with Crippen LogP contribution in [0.5, 0.6) is 5.75 Å². The van der Waals surface area contributed by atoms with E-state index < -0.39 is 0 Å². The lowest BCUT2D eigenvalue weighted by Gasteiger charge is -2.06. The zero-order valence-corrected chi connectivity index (χ0v) is 12.9. The van der Waals surface area contributed by atoms with Crippen molar-refractivity contribution in [2.75, 3.05) is 12.8 Å². The minimum Gasteiger partial charge on any atom is -0.494 e. The van der Waals surface area contributed by atoms with Gasteiger partial charge in [-0.2, -0.15) is 9.36 Å². The predicted octanol–water partition coefficient (Wildman–Crippen LogP) is 1.38. The van der Waals surface area contributed by atoms with Crippen LogP contribution >= 0.6 is 0 Å². The number of nitrogen functional groups attached to an aromatic ring is 1. The van der Waals surface area contributed by atoms with Gasteiger partial charge in [-0.3, -0.25) is 0 Å². The van der Waals surface area contributed by atoms with Crippen LogP contribution in [0.1, 0.15) is 11.1 Å². The Morgan fingerprint density at radius 3 is 2.70 bits per heavy atom. The average Bonchev–Trinajstić information content (AvgIpc) is 2.91. The van der Waals surface area contributed by atoms with Crippen LogP contribution in [-0.4, -0.2) is 26.9 Å². The Hall–Kier alpha value is -3.09. The van der Waals surface area contributed by atoms with Crippen LogP contribution in [0.25, 0.3) is 5.69 Å². The number of rotatable bonds is 4. The molecule has 1 heterocycles. The number of ether oxygens (including phenoxy) is 1. The Labute approximate surface area is 132 Å². The number of nitrogens with two attached hydrogens (primary N) is 1. The summed E-state index contributed by atoms with van der Waals surface area (Å²) in [4.78, 5) is 12.5. The van der Waals surface area contributed by atoms with E-state index >= 15 is 0 Å². The van der Waals surface area contributed by atoms with E-state index in [4.69, 9.17) is 10.5 Å². The fourth-order valence-electron chi connectivity index (χ4n) is 2.34. The predicted molar refractivity (Wildman–Crippen MR) is 86.9 cm³/mol. The van der Waals surface area contributed by atoms with Crippen LogP contribution < -0.4 is 16.2 Å². The first-order valence-electron chi connectivity index (χ1n) is 7.11. The van der Waals surface area contributed by atoms with E-state index in [1.807, 2.05) is 37.3 Å². The maximum atomic E-state index is 12.5. The molecule has 3 rings (SSSR count). The van der Waals surface area contributed by atoms with Crippen molar-refractivity contribution in [2.24, 2.45) is 0 Å². The lowest BCUT2D eigenvalue weighted by atomic mass is 10.1. The average molecular weight is 311 g/mol. The van der Waals surface area contributed by atoms with E-state index in [-0.39, 0.29) is 5.69 Å². The molecule has 0 aliphatic heterocycles. The van der Waals surface area contributed by atoms with Crippen molar-refractivity contribution in [3.63, 3.8) is 0 Å². The van der Waals surface area contributed by atoms with Gasteiger partial charge in [-0.15, -0.1) is 0 Å². The van der Waals surface area contributed by atoms with Gasteiger partial charge in [-0.05, 0) is 46.7 Å². The summed E-state index contributed by atoms with van der Waals surface area (Å²) >= 11 is 0. The molecule has 3 aromatic rings. The van der Waals surface area contributed by atoms with Crippen LogP contribution in [0.15, 0.2) is 47.3 Å². The van der Waals surface area contributed by atoms with Crippen LogP contribution in [0.2, 0.25) is 0 Å². The molecule has 0 saturated heterocycles. The molecule has 7 heteroatoms. The Balaban J connectivity index is 1.96. The summed E-state index contributed by atoms with van der Waals surface area (Å²) in [5.41, 5.74) is 8.66. The lowest BCUT2D eigenvalue weighted by Crippen LogP contribution is -2.25. The highest BCUT2D eigenvalue weighted by Crippen LogP contribution is 2.19. The van der Waals surface area contributed by atoms with Gasteiger partial charge in [0.15, 0.2) is 0 Å². The molecule has 23 heavy (non-hydrogen) atoms. The quantitative estimate of drug-likeness (QED) is 0.735. The van der Waals surface area contributed by atoms with Gasteiger partial charge in [-0.25, -0.2) is 4.79 Å². The molecule has 0 fully saturated rings. The Morgan fingerprint density at radius 1 is 1.17 bits per heavy atom. The van der Waals surface area contributed by atoms with Gasteiger partial charge in [-0.1, -0.05) is 24.3 Å². The third kappa shape index (κ3) is 2.80. The summed E-state index contributed by atoms with van der Waals surface area (Å²) in [7, 11) is 1.55. The molecule has 0 atom stereocenters. The summed E-state index contributed by atoms with van der Waals surface area (Å²) in [5.74, 6) is 0.560. The van der Waals surface area contributed by atoms with Crippen molar-refractivity contribution in [1.82, 2.24) is 19.8 Å². The highest BCUT2D eigenvalue weighted by atomic mass is 16.5. The van der Waals surface area contributed by atoms with Crippen molar-refractivity contribution in [3.8, 4) is 11.4 Å². The van der Waals surface area contributed by atoms with Crippen molar-refractivity contribution < 1.29 is 4.74 Å². The highest BCUT2D eigenvalue weighted by molar-refractivity contribution is 5.48.